The van der Waals surface area contributed by atoms with Gasteiger partial charge in [0.1, 0.15) is 10.6 Å². The lowest BCUT2D eigenvalue weighted by Crippen LogP contribution is -2.30. The van der Waals surface area contributed by atoms with E-state index in [9.17, 15) is 4.79 Å². The van der Waals surface area contributed by atoms with Crippen molar-refractivity contribution in [3.8, 4) is 5.75 Å². The van der Waals surface area contributed by atoms with Crippen LogP contribution in [0.4, 0.5) is 0 Å². The largest absolute Gasteiger partial charge is 0.495 e. The minimum Gasteiger partial charge on any atom is -0.495 e. The molecule has 1 aliphatic rings. The summed E-state index contributed by atoms with van der Waals surface area (Å²) in [5.41, 5.74) is 0. The van der Waals surface area contributed by atoms with E-state index in [-0.39, 0.29) is 5.91 Å². The first-order valence-electron chi connectivity index (χ1n) is 5.81. The molecule has 0 saturated carbocycles. The van der Waals surface area contributed by atoms with Gasteiger partial charge >= 0.3 is 0 Å². The number of carbonyl (C=O) groups excluding carboxylic acids is 1. The standard InChI is InChI=1S/C12H18N2O2S/c1-13-7-9-3-5-14(8-9)12(15)11-10(16-2)4-6-17-11/h4,6,9,13H,3,5,7-8H2,1-2H3/t9-/m1/s1. The summed E-state index contributed by atoms with van der Waals surface area (Å²) in [7, 11) is 3.55. The van der Waals surface area contributed by atoms with Gasteiger partial charge in [-0.25, -0.2) is 0 Å². The molecule has 4 nitrogen and oxygen atoms in total. The van der Waals surface area contributed by atoms with Gasteiger partial charge in [0, 0.05) is 13.1 Å². The molecular formula is C12H18N2O2S. The van der Waals surface area contributed by atoms with Crippen LogP contribution in [0.5, 0.6) is 5.75 Å². The highest BCUT2D eigenvalue weighted by Gasteiger charge is 2.28. The molecule has 1 N–H and O–H groups in total. The van der Waals surface area contributed by atoms with Gasteiger partial charge < -0.3 is 15.0 Å². The molecule has 1 saturated heterocycles. The summed E-state index contributed by atoms with van der Waals surface area (Å²) in [6.45, 7) is 2.68. The monoisotopic (exact) mass is 254 g/mol. The van der Waals surface area contributed by atoms with E-state index < -0.39 is 0 Å². The number of amides is 1. The van der Waals surface area contributed by atoms with Crippen molar-refractivity contribution in [1.82, 2.24) is 10.2 Å². The molecule has 1 fully saturated rings. The van der Waals surface area contributed by atoms with Crippen molar-refractivity contribution in [3.05, 3.63) is 16.3 Å². The SMILES string of the molecule is CNC[C@H]1CCN(C(=O)c2sccc2OC)C1. The molecule has 94 valence electrons. The zero-order chi connectivity index (χ0) is 12.3. The maximum absolute atomic E-state index is 12.3. The van der Waals surface area contributed by atoms with Gasteiger partial charge in [-0.05, 0) is 37.4 Å². The lowest BCUT2D eigenvalue weighted by molar-refractivity contribution is 0.0789. The highest BCUT2D eigenvalue weighted by Crippen LogP contribution is 2.28. The zero-order valence-corrected chi connectivity index (χ0v) is 11.0. The van der Waals surface area contributed by atoms with Crippen molar-refractivity contribution in [2.45, 2.75) is 6.42 Å². The Morgan fingerprint density at radius 2 is 2.53 bits per heavy atom. The van der Waals surface area contributed by atoms with E-state index in [2.05, 4.69) is 5.32 Å². The van der Waals surface area contributed by atoms with Crippen molar-refractivity contribution in [1.29, 1.82) is 0 Å². The highest BCUT2D eigenvalue weighted by atomic mass is 32.1. The number of thiophene rings is 1. The number of nitrogens with one attached hydrogen (secondary N) is 1. The number of methoxy groups -OCH3 is 1. The van der Waals surface area contributed by atoms with Crippen LogP contribution < -0.4 is 10.1 Å². The fourth-order valence-electron chi connectivity index (χ4n) is 2.23. The van der Waals surface area contributed by atoms with Crippen molar-refractivity contribution >= 4 is 17.2 Å². The average Bonchev–Trinajstić information content (AvgIpc) is 2.96. The molecule has 2 heterocycles. The molecule has 0 spiro atoms. The summed E-state index contributed by atoms with van der Waals surface area (Å²) >= 11 is 1.45. The van der Waals surface area contributed by atoms with E-state index >= 15 is 0 Å². The Hall–Kier alpha value is -1.07. The second-order valence-corrected chi connectivity index (χ2v) is 5.20. The molecule has 1 amide bonds. The maximum atomic E-state index is 12.3. The molecule has 1 aromatic rings. The van der Waals surface area contributed by atoms with Gasteiger partial charge in [-0.3, -0.25) is 4.79 Å². The van der Waals surface area contributed by atoms with Crippen LogP contribution in [-0.4, -0.2) is 44.6 Å². The average molecular weight is 254 g/mol. The summed E-state index contributed by atoms with van der Waals surface area (Å²) in [5.74, 6) is 1.38. The number of nitrogens with zero attached hydrogens (tertiary/aromatic N) is 1. The third kappa shape index (κ3) is 2.61. The van der Waals surface area contributed by atoms with E-state index in [1.807, 2.05) is 23.4 Å². The summed E-state index contributed by atoms with van der Waals surface area (Å²) in [6.07, 6.45) is 1.08. The third-order valence-electron chi connectivity index (χ3n) is 3.11. The van der Waals surface area contributed by atoms with Gasteiger partial charge in [-0.1, -0.05) is 0 Å². The molecule has 1 aromatic heterocycles. The molecule has 17 heavy (non-hydrogen) atoms. The highest BCUT2D eigenvalue weighted by molar-refractivity contribution is 7.12. The second kappa shape index (κ2) is 5.51. The number of likely N-dealkylation sites (tertiary alicyclic amines) is 1. The van der Waals surface area contributed by atoms with Gasteiger partial charge in [0.05, 0.1) is 7.11 Å². The first-order chi connectivity index (χ1) is 8.26. The van der Waals surface area contributed by atoms with Crippen LogP contribution in [0.1, 0.15) is 16.1 Å². The van der Waals surface area contributed by atoms with Crippen molar-refractivity contribution in [2.24, 2.45) is 5.92 Å². The lowest BCUT2D eigenvalue weighted by atomic mass is 10.1. The number of carbonyl (C=O) groups is 1. The van der Waals surface area contributed by atoms with Gasteiger partial charge in [0.2, 0.25) is 0 Å². The first-order valence-corrected chi connectivity index (χ1v) is 6.69. The molecule has 0 radical (unpaired) electrons. The smallest absolute Gasteiger partial charge is 0.267 e. The fraction of sp³-hybridized carbons (Fsp3) is 0.583. The predicted molar refractivity (Wildman–Crippen MR) is 68.8 cm³/mol. The fourth-order valence-corrected chi connectivity index (χ4v) is 3.06. The van der Waals surface area contributed by atoms with E-state index in [1.165, 1.54) is 11.3 Å². The van der Waals surface area contributed by atoms with Gasteiger partial charge in [-0.15, -0.1) is 11.3 Å². The van der Waals surface area contributed by atoms with Crippen LogP contribution in [0.2, 0.25) is 0 Å². The van der Waals surface area contributed by atoms with Crippen molar-refractivity contribution < 1.29 is 9.53 Å². The summed E-state index contributed by atoms with van der Waals surface area (Å²) in [5, 5.41) is 5.06. The van der Waals surface area contributed by atoms with E-state index in [0.717, 1.165) is 30.9 Å². The molecule has 1 aliphatic heterocycles. The molecule has 0 bridgehead atoms. The van der Waals surface area contributed by atoms with Crippen LogP contribution >= 0.6 is 11.3 Å². The molecule has 2 rings (SSSR count). The number of ether oxygens (including phenoxy) is 1. The Labute approximate surface area is 106 Å². The van der Waals surface area contributed by atoms with Crippen LogP contribution in [0.25, 0.3) is 0 Å². The van der Waals surface area contributed by atoms with E-state index in [1.54, 1.807) is 7.11 Å². The maximum Gasteiger partial charge on any atom is 0.267 e. The Kier molecular flexibility index (Phi) is 4.02. The normalized spacial score (nSPS) is 19.6. The van der Waals surface area contributed by atoms with Crippen molar-refractivity contribution in [2.75, 3.05) is 33.8 Å². The van der Waals surface area contributed by atoms with Crippen LogP contribution in [0.3, 0.4) is 0 Å². The Bertz CT molecular complexity index is 392. The van der Waals surface area contributed by atoms with Crippen LogP contribution in [0, 0.1) is 5.92 Å². The second-order valence-electron chi connectivity index (χ2n) is 4.28. The van der Waals surface area contributed by atoms with Gasteiger partial charge in [-0.2, -0.15) is 0 Å². The Morgan fingerprint density at radius 1 is 1.71 bits per heavy atom. The van der Waals surface area contributed by atoms with Crippen LogP contribution in [0.15, 0.2) is 11.4 Å². The summed E-state index contributed by atoms with van der Waals surface area (Å²) in [4.78, 5) is 14.9. The molecular weight excluding hydrogens is 236 g/mol. The third-order valence-corrected chi connectivity index (χ3v) is 3.99. The Morgan fingerprint density at radius 3 is 3.24 bits per heavy atom. The molecule has 5 heteroatoms. The van der Waals surface area contributed by atoms with E-state index in [0.29, 0.717) is 11.7 Å². The van der Waals surface area contributed by atoms with E-state index in [4.69, 9.17) is 4.74 Å². The summed E-state index contributed by atoms with van der Waals surface area (Å²) in [6, 6.07) is 1.85. The Balaban J connectivity index is 2.02. The number of hydrogen-bond acceptors (Lipinski definition) is 4. The minimum absolute atomic E-state index is 0.107. The van der Waals surface area contributed by atoms with Gasteiger partial charge in [0.25, 0.3) is 5.91 Å². The lowest BCUT2D eigenvalue weighted by Gasteiger charge is -2.16. The molecule has 0 aliphatic carbocycles. The number of rotatable bonds is 4. The van der Waals surface area contributed by atoms with Crippen LogP contribution in [-0.2, 0) is 0 Å². The first kappa shape index (κ1) is 12.4. The molecule has 1 atom stereocenters. The molecule has 0 unspecified atom stereocenters. The topological polar surface area (TPSA) is 41.6 Å². The predicted octanol–water partition coefficient (Wildman–Crippen LogP) is 1.44. The molecule has 0 aromatic carbocycles. The van der Waals surface area contributed by atoms with Gasteiger partial charge in [0.15, 0.2) is 0 Å². The zero-order valence-electron chi connectivity index (χ0n) is 10.2. The minimum atomic E-state index is 0.107. The summed E-state index contributed by atoms with van der Waals surface area (Å²) < 4.78 is 5.19. The number of hydrogen-bond donors (Lipinski definition) is 1. The van der Waals surface area contributed by atoms with Crippen molar-refractivity contribution in [3.63, 3.8) is 0 Å². The quantitative estimate of drug-likeness (QED) is 0.884.